The monoisotopic (exact) mass is 424 g/mol. The zero-order valence-electron chi connectivity index (χ0n) is 14.3. The maximum Gasteiger partial charge on any atom is 0.339 e. The van der Waals surface area contributed by atoms with E-state index in [0.29, 0.717) is 5.69 Å². The van der Waals surface area contributed by atoms with Gasteiger partial charge in [0.05, 0.1) is 16.9 Å². The highest BCUT2D eigenvalue weighted by atomic mass is 35.5. The van der Waals surface area contributed by atoms with Crippen LogP contribution in [0.5, 0.6) is 5.75 Å². The summed E-state index contributed by atoms with van der Waals surface area (Å²) in [6, 6.07) is 10.7. The number of nitrogens with zero attached hydrogens (tertiary/aromatic N) is 2. The second-order valence-corrected chi connectivity index (χ2v) is 8.08. The number of benzene rings is 2. The molecule has 1 heterocycles. The minimum absolute atomic E-state index is 0.0408. The highest BCUT2D eigenvalue weighted by Crippen LogP contribution is 2.25. The summed E-state index contributed by atoms with van der Waals surface area (Å²) >= 11 is 11.6. The first-order chi connectivity index (χ1) is 12.7. The van der Waals surface area contributed by atoms with E-state index in [1.807, 2.05) is 13.0 Å². The summed E-state index contributed by atoms with van der Waals surface area (Å²) in [5.74, 6) is 0.265. The molecule has 3 aromatic rings. The van der Waals surface area contributed by atoms with E-state index in [1.54, 1.807) is 19.1 Å². The van der Waals surface area contributed by atoms with Gasteiger partial charge in [-0.15, -0.1) is 0 Å². The summed E-state index contributed by atoms with van der Waals surface area (Å²) in [6.07, 6.45) is 1.24. The molecule has 0 aliphatic heterocycles. The quantitative estimate of drug-likeness (QED) is 0.592. The van der Waals surface area contributed by atoms with Crippen molar-refractivity contribution in [2.24, 2.45) is 0 Å². The van der Waals surface area contributed by atoms with Gasteiger partial charge in [0.25, 0.3) is 5.56 Å². The SMILES string of the molecule is Cc1cccc(OS(=O)(=O)c2ccc(-n3ncc(Cl)c(Cl)c3=O)cc2)c1C. The van der Waals surface area contributed by atoms with E-state index in [1.165, 1.54) is 30.5 Å². The molecule has 0 aliphatic rings. The highest BCUT2D eigenvalue weighted by Gasteiger charge is 2.19. The highest BCUT2D eigenvalue weighted by molar-refractivity contribution is 7.87. The van der Waals surface area contributed by atoms with Crippen LogP contribution in [0.15, 0.2) is 58.4 Å². The summed E-state index contributed by atoms with van der Waals surface area (Å²) in [7, 11) is -4.03. The number of aryl methyl sites for hydroxylation is 1. The smallest absolute Gasteiger partial charge is 0.339 e. The maximum absolute atomic E-state index is 12.5. The van der Waals surface area contributed by atoms with Gasteiger partial charge < -0.3 is 4.18 Å². The van der Waals surface area contributed by atoms with Crippen molar-refractivity contribution in [2.75, 3.05) is 0 Å². The third kappa shape index (κ3) is 3.85. The van der Waals surface area contributed by atoms with Gasteiger partial charge in [0.15, 0.2) is 0 Å². The molecule has 6 nitrogen and oxygen atoms in total. The van der Waals surface area contributed by atoms with Crippen molar-refractivity contribution in [2.45, 2.75) is 18.7 Å². The number of halogens is 2. The van der Waals surface area contributed by atoms with Gasteiger partial charge in [0, 0.05) is 0 Å². The summed E-state index contributed by atoms with van der Waals surface area (Å²) < 4.78 is 31.3. The first-order valence-electron chi connectivity index (χ1n) is 7.75. The lowest BCUT2D eigenvalue weighted by molar-refractivity contribution is 0.484. The van der Waals surface area contributed by atoms with Crippen molar-refractivity contribution in [3.05, 3.63) is 80.2 Å². The molecule has 0 fully saturated rings. The van der Waals surface area contributed by atoms with Crippen LogP contribution in [0, 0.1) is 13.8 Å². The minimum atomic E-state index is -4.03. The fourth-order valence-electron chi connectivity index (χ4n) is 2.33. The van der Waals surface area contributed by atoms with E-state index in [4.69, 9.17) is 27.4 Å². The summed E-state index contributed by atoms with van der Waals surface area (Å²) in [4.78, 5) is 12.1. The number of hydrogen-bond acceptors (Lipinski definition) is 5. The number of aromatic nitrogens is 2. The molecular formula is C18H14Cl2N2O4S. The predicted molar refractivity (Wildman–Crippen MR) is 104 cm³/mol. The third-order valence-corrected chi connectivity index (χ3v) is 6.00. The Bertz CT molecular complexity index is 1170. The molecular weight excluding hydrogens is 411 g/mol. The molecule has 140 valence electrons. The molecule has 3 rings (SSSR count). The standard InChI is InChI=1S/C18H14Cl2N2O4S/c1-11-4-3-5-16(12(11)2)26-27(24,25)14-8-6-13(7-9-14)22-18(23)17(20)15(19)10-21-22/h3-10H,1-2H3. The average Bonchev–Trinajstić information content (AvgIpc) is 2.64. The Morgan fingerprint density at radius 2 is 1.70 bits per heavy atom. The summed E-state index contributed by atoms with van der Waals surface area (Å²) in [5, 5.41) is 3.77. The van der Waals surface area contributed by atoms with Crippen LogP contribution in [-0.4, -0.2) is 18.2 Å². The molecule has 0 saturated carbocycles. The lowest BCUT2D eigenvalue weighted by atomic mass is 10.1. The molecule has 0 bridgehead atoms. The minimum Gasteiger partial charge on any atom is -0.379 e. The van der Waals surface area contributed by atoms with Gasteiger partial charge in [-0.25, -0.2) is 0 Å². The van der Waals surface area contributed by atoms with Crippen molar-refractivity contribution in [3.8, 4) is 11.4 Å². The van der Waals surface area contributed by atoms with Crippen molar-refractivity contribution >= 4 is 33.3 Å². The van der Waals surface area contributed by atoms with Crippen LogP contribution >= 0.6 is 23.2 Å². The number of hydrogen-bond donors (Lipinski definition) is 0. The Labute approximate surface area is 166 Å². The fourth-order valence-corrected chi connectivity index (χ4v) is 3.57. The second kappa shape index (κ2) is 7.34. The average molecular weight is 425 g/mol. The first-order valence-corrected chi connectivity index (χ1v) is 9.91. The lowest BCUT2D eigenvalue weighted by Gasteiger charge is -2.11. The van der Waals surface area contributed by atoms with Crippen molar-refractivity contribution in [1.29, 1.82) is 0 Å². The van der Waals surface area contributed by atoms with E-state index in [9.17, 15) is 13.2 Å². The van der Waals surface area contributed by atoms with Crippen molar-refractivity contribution in [1.82, 2.24) is 9.78 Å². The zero-order chi connectivity index (χ0) is 19.8. The Morgan fingerprint density at radius 3 is 2.37 bits per heavy atom. The van der Waals surface area contributed by atoms with Crippen molar-refractivity contribution < 1.29 is 12.6 Å². The third-order valence-electron chi connectivity index (χ3n) is 4.00. The normalized spacial score (nSPS) is 11.4. The predicted octanol–water partition coefficient (Wildman–Crippen LogP) is 3.92. The Morgan fingerprint density at radius 1 is 1.04 bits per heavy atom. The van der Waals surface area contributed by atoms with Gasteiger partial charge in [-0.3, -0.25) is 4.79 Å². The molecule has 0 spiro atoms. The molecule has 0 unspecified atom stereocenters. The number of rotatable bonds is 4. The Balaban J connectivity index is 1.94. The Kier molecular flexibility index (Phi) is 5.28. The largest absolute Gasteiger partial charge is 0.379 e. The van der Waals surface area contributed by atoms with E-state index >= 15 is 0 Å². The fraction of sp³-hybridized carbons (Fsp3) is 0.111. The Hall–Kier alpha value is -2.35. The molecule has 0 radical (unpaired) electrons. The van der Waals surface area contributed by atoms with E-state index in [2.05, 4.69) is 5.10 Å². The molecule has 0 amide bonds. The lowest BCUT2D eigenvalue weighted by Crippen LogP contribution is -2.21. The van der Waals surface area contributed by atoms with Gasteiger partial charge in [-0.2, -0.15) is 18.2 Å². The van der Waals surface area contributed by atoms with E-state index in [0.717, 1.165) is 15.8 Å². The molecule has 1 aromatic heterocycles. The van der Waals surface area contributed by atoms with Crippen LogP contribution in [0.4, 0.5) is 0 Å². The topological polar surface area (TPSA) is 78.3 Å². The summed E-state index contributed by atoms with van der Waals surface area (Å²) in [6.45, 7) is 3.65. The first kappa shape index (κ1) is 19.4. The van der Waals surface area contributed by atoms with Gasteiger partial charge >= 0.3 is 10.1 Å². The zero-order valence-corrected chi connectivity index (χ0v) is 16.6. The van der Waals surface area contributed by atoms with Crippen LogP contribution in [0.3, 0.4) is 0 Å². The molecule has 0 aliphatic carbocycles. The van der Waals surface area contributed by atoms with E-state index < -0.39 is 15.7 Å². The van der Waals surface area contributed by atoms with Crippen LogP contribution in [-0.2, 0) is 10.1 Å². The molecule has 9 heteroatoms. The van der Waals surface area contributed by atoms with Crippen LogP contribution < -0.4 is 9.74 Å². The van der Waals surface area contributed by atoms with Gasteiger partial charge in [-0.1, -0.05) is 35.3 Å². The van der Waals surface area contributed by atoms with Crippen LogP contribution in [0.25, 0.3) is 5.69 Å². The summed E-state index contributed by atoms with van der Waals surface area (Å²) in [5.41, 5.74) is 1.39. The van der Waals surface area contributed by atoms with Gasteiger partial charge in [-0.05, 0) is 55.3 Å². The van der Waals surface area contributed by atoms with Gasteiger partial charge in [0.2, 0.25) is 0 Å². The second-order valence-electron chi connectivity index (χ2n) is 5.75. The van der Waals surface area contributed by atoms with Crippen molar-refractivity contribution in [3.63, 3.8) is 0 Å². The molecule has 2 aromatic carbocycles. The van der Waals surface area contributed by atoms with Crippen LogP contribution in [0.2, 0.25) is 10.0 Å². The molecule has 0 N–H and O–H groups in total. The molecule has 0 saturated heterocycles. The molecule has 0 atom stereocenters. The molecule has 27 heavy (non-hydrogen) atoms. The maximum atomic E-state index is 12.5. The van der Waals surface area contributed by atoms with E-state index in [-0.39, 0.29) is 20.7 Å². The van der Waals surface area contributed by atoms with Crippen LogP contribution in [0.1, 0.15) is 11.1 Å². The van der Waals surface area contributed by atoms with Gasteiger partial charge in [0.1, 0.15) is 15.7 Å².